The summed E-state index contributed by atoms with van der Waals surface area (Å²) in [6.45, 7) is 0.652. The molecule has 0 radical (unpaired) electrons. The van der Waals surface area contributed by atoms with Gasteiger partial charge < -0.3 is 15.0 Å². The second kappa shape index (κ2) is 6.63. The van der Waals surface area contributed by atoms with Crippen molar-refractivity contribution in [3.8, 4) is 0 Å². The van der Waals surface area contributed by atoms with Crippen molar-refractivity contribution in [2.75, 3.05) is 16.8 Å². The molecule has 2 aromatic carbocycles. The SMILES string of the molecule is O=C(CC1OC(=O)c2ccccc21)Nc1ccccc1N1CCCC1=O. The molecule has 2 aliphatic rings. The van der Waals surface area contributed by atoms with Gasteiger partial charge in [-0.2, -0.15) is 0 Å². The monoisotopic (exact) mass is 350 g/mol. The minimum atomic E-state index is -0.584. The maximum atomic E-state index is 12.5. The van der Waals surface area contributed by atoms with Gasteiger partial charge in [0.1, 0.15) is 6.10 Å². The molecule has 26 heavy (non-hydrogen) atoms. The molecule has 0 aromatic heterocycles. The van der Waals surface area contributed by atoms with Crippen molar-refractivity contribution in [1.29, 1.82) is 0 Å². The standard InChI is InChI=1S/C20H18N2O4/c23-18(12-17-13-6-1-2-7-14(13)20(25)26-17)21-15-8-3-4-9-16(15)22-11-5-10-19(22)24/h1-4,6-9,17H,5,10-12H2,(H,21,23). The normalized spacial score (nSPS) is 18.6. The molecule has 1 N–H and O–H groups in total. The highest BCUT2D eigenvalue weighted by atomic mass is 16.5. The first-order valence-electron chi connectivity index (χ1n) is 8.62. The van der Waals surface area contributed by atoms with Gasteiger partial charge in [0.2, 0.25) is 11.8 Å². The molecule has 2 heterocycles. The van der Waals surface area contributed by atoms with Crippen molar-refractivity contribution in [3.63, 3.8) is 0 Å². The lowest BCUT2D eigenvalue weighted by Crippen LogP contribution is -2.26. The number of esters is 1. The van der Waals surface area contributed by atoms with Gasteiger partial charge in [-0.05, 0) is 24.6 Å². The molecule has 6 nitrogen and oxygen atoms in total. The molecule has 0 bridgehead atoms. The Balaban J connectivity index is 1.50. The van der Waals surface area contributed by atoms with Crippen LogP contribution in [0.5, 0.6) is 0 Å². The van der Waals surface area contributed by atoms with Crippen LogP contribution in [0.3, 0.4) is 0 Å². The summed E-state index contributed by atoms with van der Waals surface area (Å²) in [5.74, 6) is -0.606. The fourth-order valence-corrected chi connectivity index (χ4v) is 3.46. The molecule has 0 spiro atoms. The summed E-state index contributed by atoms with van der Waals surface area (Å²) in [5, 5.41) is 2.86. The van der Waals surface area contributed by atoms with E-state index in [1.807, 2.05) is 24.3 Å². The smallest absolute Gasteiger partial charge is 0.339 e. The Kier molecular flexibility index (Phi) is 4.16. The molecular formula is C20H18N2O4. The number of anilines is 2. The second-order valence-electron chi connectivity index (χ2n) is 6.40. The van der Waals surface area contributed by atoms with Gasteiger partial charge in [-0.25, -0.2) is 4.79 Å². The number of hydrogen-bond acceptors (Lipinski definition) is 4. The van der Waals surface area contributed by atoms with E-state index in [1.165, 1.54) is 0 Å². The Bertz CT molecular complexity index is 893. The molecule has 2 aliphatic heterocycles. The van der Waals surface area contributed by atoms with Crippen LogP contribution in [0.4, 0.5) is 11.4 Å². The van der Waals surface area contributed by atoms with Gasteiger partial charge in [0.05, 0.1) is 23.4 Å². The van der Waals surface area contributed by atoms with E-state index < -0.39 is 12.1 Å². The largest absolute Gasteiger partial charge is 0.453 e. The van der Waals surface area contributed by atoms with Gasteiger partial charge >= 0.3 is 5.97 Å². The molecule has 2 amide bonds. The predicted octanol–water partition coefficient (Wildman–Crippen LogP) is 3.05. The summed E-state index contributed by atoms with van der Waals surface area (Å²) in [4.78, 5) is 38.1. The lowest BCUT2D eigenvalue weighted by atomic mass is 10.0. The zero-order valence-electron chi connectivity index (χ0n) is 14.1. The molecular weight excluding hydrogens is 332 g/mol. The first-order valence-corrected chi connectivity index (χ1v) is 8.62. The van der Waals surface area contributed by atoms with E-state index in [0.717, 1.165) is 12.0 Å². The minimum absolute atomic E-state index is 0.0328. The van der Waals surface area contributed by atoms with E-state index in [9.17, 15) is 14.4 Å². The molecule has 1 atom stereocenters. The second-order valence-corrected chi connectivity index (χ2v) is 6.40. The van der Waals surface area contributed by atoms with Gasteiger partial charge in [-0.3, -0.25) is 9.59 Å². The number of rotatable bonds is 4. The van der Waals surface area contributed by atoms with Crippen molar-refractivity contribution in [2.24, 2.45) is 0 Å². The number of para-hydroxylation sites is 2. The molecule has 1 fully saturated rings. The van der Waals surface area contributed by atoms with Crippen LogP contribution < -0.4 is 10.2 Å². The highest BCUT2D eigenvalue weighted by molar-refractivity contribution is 6.02. The van der Waals surface area contributed by atoms with E-state index in [2.05, 4.69) is 5.32 Å². The average molecular weight is 350 g/mol. The van der Waals surface area contributed by atoms with Crippen molar-refractivity contribution in [1.82, 2.24) is 0 Å². The number of carbonyl (C=O) groups excluding carboxylic acids is 3. The zero-order chi connectivity index (χ0) is 18.1. The summed E-state index contributed by atoms with van der Waals surface area (Å²) < 4.78 is 5.32. The van der Waals surface area contributed by atoms with Crippen molar-refractivity contribution in [3.05, 3.63) is 59.7 Å². The molecule has 132 valence electrons. The van der Waals surface area contributed by atoms with E-state index in [-0.39, 0.29) is 18.2 Å². The summed E-state index contributed by atoms with van der Waals surface area (Å²) in [7, 11) is 0. The summed E-state index contributed by atoms with van der Waals surface area (Å²) in [6, 6.07) is 14.3. The minimum Gasteiger partial charge on any atom is -0.453 e. The predicted molar refractivity (Wildman–Crippen MR) is 95.9 cm³/mol. The molecule has 4 rings (SSSR count). The Morgan fingerprint density at radius 3 is 2.69 bits per heavy atom. The fourth-order valence-electron chi connectivity index (χ4n) is 3.46. The number of nitrogens with one attached hydrogen (secondary N) is 1. The zero-order valence-corrected chi connectivity index (χ0v) is 14.1. The van der Waals surface area contributed by atoms with Gasteiger partial charge in [0, 0.05) is 18.5 Å². The first-order chi connectivity index (χ1) is 12.6. The number of hydrogen-bond donors (Lipinski definition) is 1. The molecule has 6 heteroatoms. The number of amides is 2. The Morgan fingerprint density at radius 2 is 1.88 bits per heavy atom. The number of nitrogens with zero attached hydrogens (tertiary/aromatic N) is 1. The van der Waals surface area contributed by atoms with Crippen molar-refractivity contribution in [2.45, 2.75) is 25.4 Å². The van der Waals surface area contributed by atoms with Crippen LogP contribution in [0.1, 0.15) is 41.3 Å². The molecule has 0 aliphatic carbocycles. The number of benzene rings is 2. The maximum Gasteiger partial charge on any atom is 0.339 e. The average Bonchev–Trinajstić information content (AvgIpc) is 3.20. The van der Waals surface area contributed by atoms with Crippen molar-refractivity contribution < 1.29 is 19.1 Å². The van der Waals surface area contributed by atoms with E-state index >= 15 is 0 Å². The number of fused-ring (bicyclic) bond motifs is 1. The van der Waals surface area contributed by atoms with Crippen LogP contribution in [0, 0.1) is 0 Å². The Morgan fingerprint density at radius 1 is 1.12 bits per heavy atom. The number of ether oxygens (including phenoxy) is 1. The lowest BCUT2D eigenvalue weighted by molar-refractivity contribution is -0.118. The summed E-state index contributed by atoms with van der Waals surface area (Å²) in [5.41, 5.74) is 2.53. The summed E-state index contributed by atoms with van der Waals surface area (Å²) in [6.07, 6.45) is 0.789. The van der Waals surface area contributed by atoms with Crippen molar-refractivity contribution >= 4 is 29.2 Å². The van der Waals surface area contributed by atoms with Gasteiger partial charge in [-0.1, -0.05) is 30.3 Å². The van der Waals surface area contributed by atoms with Crippen LogP contribution in [0.2, 0.25) is 0 Å². The highest BCUT2D eigenvalue weighted by Gasteiger charge is 2.32. The maximum absolute atomic E-state index is 12.5. The van der Waals surface area contributed by atoms with Gasteiger partial charge in [-0.15, -0.1) is 0 Å². The third-order valence-corrected chi connectivity index (χ3v) is 4.69. The van der Waals surface area contributed by atoms with Crippen LogP contribution >= 0.6 is 0 Å². The highest BCUT2D eigenvalue weighted by Crippen LogP contribution is 2.34. The number of carbonyl (C=O) groups is 3. The molecule has 1 unspecified atom stereocenters. The lowest BCUT2D eigenvalue weighted by Gasteiger charge is -2.20. The van der Waals surface area contributed by atoms with E-state index in [0.29, 0.717) is 29.9 Å². The molecule has 0 saturated carbocycles. The first kappa shape index (κ1) is 16.3. The quantitative estimate of drug-likeness (QED) is 0.860. The Labute approximate surface area is 150 Å². The van der Waals surface area contributed by atoms with Crippen LogP contribution in [0.15, 0.2) is 48.5 Å². The third-order valence-electron chi connectivity index (χ3n) is 4.69. The van der Waals surface area contributed by atoms with Gasteiger partial charge in [0.15, 0.2) is 0 Å². The summed E-state index contributed by atoms with van der Waals surface area (Å²) >= 11 is 0. The molecule has 1 saturated heterocycles. The van der Waals surface area contributed by atoms with Crippen LogP contribution in [-0.4, -0.2) is 24.3 Å². The van der Waals surface area contributed by atoms with Crippen LogP contribution in [0.25, 0.3) is 0 Å². The van der Waals surface area contributed by atoms with Crippen LogP contribution in [-0.2, 0) is 14.3 Å². The van der Waals surface area contributed by atoms with E-state index in [4.69, 9.17) is 4.74 Å². The Hall–Kier alpha value is -3.15. The van der Waals surface area contributed by atoms with E-state index in [1.54, 1.807) is 29.2 Å². The van der Waals surface area contributed by atoms with Gasteiger partial charge in [0.25, 0.3) is 0 Å². The fraction of sp³-hybridized carbons (Fsp3) is 0.250. The topological polar surface area (TPSA) is 75.7 Å². The molecule has 2 aromatic rings. The third kappa shape index (κ3) is 2.94. The number of cyclic esters (lactones) is 1.